The molecule has 2 aliphatic heterocycles. The molecular weight excluding hydrogens is 380 g/mol. The normalized spacial score (nSPS) is 16.0. The first-order valence-corrected chi connectivity index (χ1v) is 9.08. The van der Waals surface area contributed by atoms with Crippen LogP contribution in [0.2, 0.25) is 0 Å². The van der Waals surface area contributed by atoms with Gasteiger partial charge in [0.05, 0.1) is 5.69 Å². The van der Waals surface area contributed by atoms with Crippen molar-refractivity contribution in [1.29, 1.82) is 0 Å². The number of benzene rings is 1. The second-order valence-corrected chi connectivity index (χ2v) is 7.30. The number of hydrogen-bond donors (Lipinski definition) is 1. The van der Waals surface area contributed by atoms with Crippen LogP contribution in [0.15, 0.2) is 28.1 Å². The fraction of sp³-hybridized carbons (Fsp3) is 0.312. The largest absolute Gasteiger partial charge is 0.486 e. The van der Waals surface area contributed by atoms with Gasteiger partial charge in [-0.15, -0.1) is 11.3 Å². The standard InChI is InChI=1S/C16H15BrN2O3S/c17-11-7-13-14(22-5-4-21-13)8-12(11)18-16(20)19-3-1-15-10(9-19)2-6-23-15/h2,6-8H,1,3-5,9H2,(H,18,20). The van der Waals surface area contributed by atoms with E-state index in [1.54, 1.807) is 17.4 Å². The first-order valence-electron chi connectivity index (χ1n) is 7.41. The molecule has 0 fully saturated rings. The van der Waals surface area contributed by atoms with E-state index in [0.717, 1.165) is 17.4 Å². The lowest BCUT2D eigenvalue weighted by atomic mass is 10.1. The Labute approximate surface area is 146 Å². The van der Waals surface area contributed by atoms with E-state index < -0.39 is 0 Å². The SMILES string of the molecule is O=C(Nc1cc2c(cc1Br)OCCO2)N1CCc2sccc2C1. The molecule has 0 bridgehead atoms. The number of nitrogens with zero attached hydrogens (tertiary/aromatic N) is 1. The Morgan fingerprint density at radius 3 is 2.87 bits per heavy atom. The van der Waals surface area contributed by atoms with E-state index in [1.165, 1.54) is 10.4 Å². The van der Waals surface area contributed by atoms with Gasteiger partial charge in [0, 0.05) is 34.6 Å². The minimum Gasteiger partial charge on any atom is -0.486 e. The van der Waals surface area contributed by atoms with E-state index in [2.05, 4.69) is 32.7 Å². The molecule has 1 N–H and O–H groups in total. The maximum absolute atomic E-state index is 12.5. The third kappa shape index (κ3) is 2.90. The van der Waals surface area contributed by atoms with Gasteiger partial charge < -0.3 is 19.7 Å². The molecule has 23 heavy (non-hydrogen) atoms. The van der Waals surface area contributed by atoms with Crippen LogP contribution in [0.4, 0.5) is 10.5 Å². The second kappa shape index (κ2) is 6.05. The van der Waals surface area contributed by atoms with Gasteiger partial charge in [-0.05, 0) is 39.4 Å². The highest BCUT2D eigenvalue weighted by Crippen LogP contribution is 2.38. The maximum Gasteiger partial charge on any atom is 0.322 e. The van der Waals surface area contributed by atoms with Gasteiger partial charge in [0.15, 0.2) is 11.5 Å². The summed E-state index contributed by atoms with van der Waals surface area (Å²) in [6.07, 6.45) is 0.919. The highest BCUT2D eigenvalue weighted by molar-refractivity contribution is 9.10. The van der Waals surface area contributed by atoms with Crippen LogP contribution in [0.1, 0.15) is 10.4 Å². The molecule has 1 aromatic heterocycles. The smallest absolute Gasteiger partial charge is 0.322 e. The Kier molecular flexibility index (Phi) is 3.90. The number of amides is 2. The first-order chi connectivity index (χ1) is 11.2. The van der Waals surface area contributed by atoms with Gasteiger partial charge in [-0.3, -0.25) is 0 Å². The number of halogens is 1. The zero-order valence-corrected chi connectivity index (χ0v) is 14.7. The van der Waals surface area contributed by atoms with Gasteiger partial charge in [-0.1, -0.05) is 0 Å². The van der Waals surface area contributed by atoms with Crippen LogP contribution in [0, 0.1) is 0 Å². The number of hydrogen-bond acceptors (Lipinski definition) is 4. The lowest BCUT2D eigenvalue weighted by Gasteiger charge is -2.27. The molecular formula is C16H15BrN2O3S. The Bertz CT molecular complexity index is 762. The topological polar surface area (TPSA) is 50.8 Å². The van der Waals surface area contributed by atoms with Crippen LogP contribution in [-0.4, -0.2) is 30.7 Å². The molecule has 0 spiro atoms. The summed E-state index contributed by atoms with van der Waals surface area (Å²) in [5.74, 6) is 1.36. The van der Waals surface area contributed by atoms with Crippen molar-refractivity contribution in [2.24, 2.45) is 0 Å². The number of urea groups is 1. The number of carbonyl (C=O) groups excluding carboxylic acids is 1. The third-order valence-corrected chi connectivity index (χ3v) is 5.65. The van der Waals surface area contributed by atoms with Crippen LogP contribution in [-0.2, 0) is 13.0 Å². The molecule has 4 rings (SSSR count). The van der Waals surface area contributed by atoms with Crippen molar-refractivity contribution in [2.75, 3.05) is 25.1 Å². The summed E-state index contributed by atoms with van der Waals surface area (Å²) in [5, 5.41) is 5.05. The molecule has 0 saturated heterocycles. The van der Waals surface area contributed by atoms with Crippen molar-refractivity contribution in [3.05, 3.63) is 38.5 Å². The van der Waals surface area contributed by atoms with Crippen LogP contribution in [0.25, 0.3) is 0 Å². The van der Waals surface area contributed by atoms with Gasteiger partial charge >= 0.3 is 6.03 Å². The summed E-state index contributed by atoms with van der Waals surface area (Å²) >= 11 is 5.25. The summed E-state index contributed by atoms with van der Waals surface area (Å²) in [6.45, 7) is 2.46. The molecule has 0 unspecified atom stereocenters. The molecule has 5 nitrogen and oxygen atoms in total. The molecule has 2 amide bonds. The molecule has 120 valence electrons. The van der Waals surface area contributed by atoms with Gasteiger partial charge in [0.25, 0.3) is 0 Å². The number of ether oxygens (including phenoxy) is 2. The number of carbonyl (C=O) groups is 1. The summed E-state index contributed by atoms with van der Waals surface area (Å²) in [5.41, 5.74) is 1.94. The van der Waals surface area contributed by atoms with Gasteiger partial charge in [-0.2, -0.15) is 0 Å². The minimum atomic E-state index is -0.0979. The summed E-state index contributed by atoms with van der Waals surface area (Å²) in [7, 11) is 0. The number of fused-ring (bicyclic) bond motifs is 2. The van der Waals surface area contributed by atoms with Crippen molar-refractivity contribution in [3.8, 4) is 11.5 Å². The highest BCUT2D eigenvalue weighted by Gasteiger charge is 2.23. The monoisotopic (exact) mass is 394 g/mol. The molecule has 3 heterocycles. The average molecular weight is 395 g/mol. The van der Waals surface area contributed by atoms with Crippen LogP contribution in [0.5, 0.6) is 11.5 Å². The fourth-order valence-electron chi connectivity index (χ4n) is 2.78. The van der Waals surface area contributed by atoms with Crippen molar-refractivity contribution in [3.63, 3.8) is 0 Å². The van der Waals surface area contributed by atoms with Crippen LogP contribution in [0.3, 0.4) is 0 Å². The molecule has 1 aromatic carbocycles. The molecule has 0 saturated carbocycles. The quantitative estimate of drug-likeness (QED) is 0.798. The van der Waals surface area contributed by atoms with Gasteiger partial charge in [-0.25, -0.2) is 4.79 Å². The van der Waals surface area contributed by atoms with E-state index in [-0.39, 0.29) is 6.03 Å². The van der Waals surface area contributed by atoms with Crippen LogP contribution >= 0.6 is 27.3 Å². The summed E-state index contributed by atoms with van der Waals surface area (Å²) < 4.78 is 11.9. The molecule has 0 aliphatic carbocycles. The summed E-state index contributed by atoms with van der Waals surface area (Å²) in [4.78, 5) is 15.8. The van der Waals surface area contributed by atoms with Crippen molar-refractivity contribution < 1.29 is 14.3 Å². The second-order valence-electron chi connectivity index (χ2n) is 5.45. The Morgan fingerprint density at radius 2 is 2.04 bits per heavy atom. The van der Waals surface area contributed by atoms with Crippen LogP contribution < -0.4 is 14.8 Å². The minimum absolute atomic E-state index is 0.0979. The van der Waals surface area contributed by atoms with Crippen molar-refractivity contribution in [2.45, 2.75) is 13.0 Å². The lowest BCUT2D eigenvalue weighted by molar-refractivity contribution is 0.171. The zero-order valence-electron chi connectivity index (χ0n) is 12.3. The number of anilines is 1. The highest BCUT2D eigenvalue weighted by atomic mass is 79.9. The maximum atomic E-state index is 12.5. The Balaban J connectivity index is 1.51. The first kappa shape index (κ1) is 14.8. The van der Waals surface area contributed by atoms with E-state index >= 15 is 0 Å². The van der Waals surface area contributed by atoms with E-state index in [1.807, 2.05) is 11.0 Å². The fourth-order valence-corrected chi connectivity index (χ4v) is 4.09. The van der Waals surface area contributed by atoms with E-state index in [9.17, 15) is 4.79 Å². The van der Waals surface area contributed by atoms with E-state index in [4.69, 9.17) is 9.47 Å². The molecule has 0 atom stereocenters. The Morgan fingerprint density at radius 1 is 1.26 bits per heavy atom. The third-order valence-electron chi connectivity index (χ3n) is 3.97. The molecule has 7 heteroatoms. The average Bonchev–Trinajstić information content (AvgIpc) is 3.03. The number of rotatable bonds is 1. The molecule has 0 radical (unpaired) electrons. The zero-order chi connectivity index (χ0) is 15.8. The lowest BCUT2D eigenvalue weighted by Crippen LogP contribution is -2.38. The molecule has 2 aliphatic rings. The molecule has 2 aromatic rings. The summed E-state index contributed by atoms with van der Waals surface area (Å²) in [6, 6.07) is 5.63. The van der Waals surface area contributed by atoms with Gasteiger partial charge in [0.2, 0.25) is 0 Å². The van der Waals surface area contributed by atoms with E-state index in [0.29, 0.717) is 36.9 Å². The number of thiophene rings is 1. The van der Waals surface area contributed by atoms with Crippen molar-refractivity contribution >= 4 is 39.0 Å². The predicted octanol–water partition coefficient (Wildman–Crippen LogP) is 3.87. The number of nitrogens with one attached hydrogen (secondary N) is 1. The predicted molar refractivity (Wildman–Crippen MR) is 92.6 cm³/mol. The van der Waals surface area contributed by atoms with Crippen molar-refractivity contribution in [1.82, 2.24) is 4.90 Å². The van der Waals surface area contributed by atoms with Gasteiger partial charge in [0.1, 0.15) is 13.2 Å². The Hall–Kier alpha value is -1.73.